The van der Waals surface area contributed by atoms with Gasteiger partial charge in [-0.2, -0.15) is 5.10 Å². The summed E-state index contributed by atoms with van der Waals surface area (Å²) in [6.45, 7) is 2.17. The van der Waals surface area contributed by atoms with E-state index in [1.165, 1.54) is 0 Å². The summed E-state index contributed by atoms with van der Waals surface area (Å²) in [5.41, 5.74) is 2.58. The van der Waals surface area contributed by atoms with Crippen LogP contribution in [0, 0.1) is 6.92 Å². The molecule has 1 amide bonds. The first-order chi connectivity index (χ1) is 8.95. The van der Waals surface area contributed by atoms with E-state index in [1.54, 1.807) is 23.7 Å². The molecule has 7 heteroatoms. The van der Waals surface area contributed by atoms with E-state index >= 15 is 0 Å². The summed E-state index contributed by atoms with van der Waals surface area (Å²) in [7, 11) is 5.34. The van der Waals surface area contributed by atoms with Gasteiger partial charge in [0.15, 0.2) is 5.65 Å². The van der Waals surface area contributed by atoms with Crippen molar-refractivity contribution < 1.29 is 4.79 Å². The quantitative estimate of drug-likeness (QED) is 0.785. The van der Waals surface area contributed by atoms with Crippen molar-refractivity contribution >= 4 is 28.7 Å². The second kappa shape index (κ2) is 5.21. The van der Waals surface area contributed by atoms with Gasteiger partial charge in [0.25, 0.3) is 0 Å². The van der Waals surface area contributed by atoms with E-state index in [0.29, 0.717) is 12.3 Å². The molecule has 0 aromatic carbocycles. The zero-order valence-electron chi connectivity index (χ0n) is 11.6. The number of hydrogen-bond donors (Lipinski definition) is 0. The number of alkyl halides is 1. The largest absolute Gasteiger partial charge is 0.347 e. The van der Waals surface area contributed by atoms with Crippen LogP contribution >= 0.6 is 11.6 Å². The molecule has 0 atom stereocenters. The van der Waals surface area contributed by atoms with E-state index < -0.39 is 0 Å². The number of halogens is 1. The highest BCUT2D eigenvalue weighted by molar-refractivity contribution is 6.17. The zero-order chi connectivity index (χ0) is 14.2. The first kappa shape index (κ1) is 13.9. The first-order valence-electron chi connectivity index (χ1n) is 6.10. The lowest BCUT2D eigenvalue weighted by Gasteiger charge is -2.13. The molecule has 0 N–H and O–H groups in total. The minimum absolute atomic E-state index is 0.0222. The third-order valence-electron chi connectivity index (χ3n) is 3.08. The molecule has 0 radical (unpaired) electrons. The van der Waals surface area contributed by atoms with Crippen molar-refractivity contribution in [3.05, 3.63) is 11.5 Å². The Hall–Kier alpha value is -1.56. The van der Waals surface area contributed by atoms with Crippen molar-refractivity contribution in [3.8, 4) is 0 Å². The molecule has 19 heavy (non-hydrogen) atoms. The average molecular weight is 284 g/mol. The van der Waals surface area contributed by atoms with Crippen LogP contribution < -0.4 is 0 Å². The van der Waals surface area contributed by atoms with Crippen molar-refractivity contribution in [2.75, 3.05) is 20.0 Å². The molecule has 2 aromatic rings. The third-order valence-corrected chi connectivity index (χ3v) is 3.27. The van der Waals surface area contributed by atoms with E-state index in [2.05, 4.69) is 10.1 Å². The number of amides is 1. The fraction of sp³-hybridized carbons (Fsp3) is 0.583. The van der Waals surface area contributed by atoms with Gasteiger partial charge in [-0.15, -0.1) is 11.6 Å². The number of aryl methyl sites for hydroxylation is 3. The summed E-state index contributed by atoms with van der Waals surface area (Å²) in [5, 5.41) is 4.34. The van der Waals surface area contributed by atoms with Crippen LogP contribution in [0.5, 0.6) is 0 Å². The molecule has 0 aliphatic heterocycles. The Morgan fingerprint density at radius 2 is 2.11 bits per heavy atom. The van der Waals surface area contributed by atoms with Gasteiger partial charge >= 0.3 is 0 Å². The lowest BCUT2D eigenvalue weighted by molar-refractivity contribution is -0.129. The molecule has 0 unspecified atom stereocenters. The van der Waals surface area contributed by atoms with E-state index in [-0.39, 0.29) is 12.5 Å². The fourth-order valence-electron chi connectivity index (χ4n) is 2.10. The summed E-state index contributed by atoms with van der Waals surface area (Å²) < 4.78 is 3.67. The van der Waals surface area contributed by atoms with Crippen LogP contribution in [-0.4, -0.2) is 50.1 Å². The highest BCUT2D eigenvalue weighted by Gasteiger charge is 2.19. The van der Waals surface area contributed by atoms with E-state index in [9.17, 15) is 4.79 Å². The lowest BCUT2D eigenvalue weighted by atomic mass is 10.4. The van der Waals surface area contributed by atoms with Gasteiger partial charge in [-0.25, -0.2) is 4.98 Å². The van der Waals surface area contributed by atoms with Gasteiger partial charge in [-0.3, -0.25) is 9.48 Å². The number of carbonyl (C=O) groups excluding carboxylic acids is 1. The summed E-state index contributed by atoms with van der Waals surface area (Å²) in [6, 6.07) is 0. The van der Waals surface area contributed by atoms with Crippen LogP contribution in [-0.2, 0) is 24.8 Å². The smallest absolute Gasteiger partial charge is 0.242 e. The maximum atomic E-state index is 11.9. The molecule has 0 spiro atoms. The van der Waals surface area contributed by atoms with E-state index in [4.69, 9.17) is 11.6 Å². The number of nitrogens with zero attached hydrogens (tertiary/aromatic N) is 5. The maximum Gasteiger partial charge on any atom is 0.242 e. The van der Waals surface area contributed by atoms with Gasteiger partial charge in [0, 0.05) is 33.4 Å². The molecule has 2 heterocycles. The Morgan fingerprint density at radius 3 is 2.68 bits per heavy atom. The molecule has 0 aliphatic rings. The van der Waals surface area contributed by atoms with Crippen molar-refractivity contribution in [2.45, 2.75) is 19.9 Å². The molecule has 2 aromatic heterocycles. The van der Waals surface area contributed by atoms with Crippen LogP contribution in [0.15, 0.2) is 0 Å². The number of rotatable bonds is 4. The minimum Gasteiger partial charge on any atom is -0.347 e. The first-order valence-corrected chi connectivity index (χ1v) is 6.64. The maximum absolute atomic E-state index is 11.9. The van der Waals surface area contributed by atoms with Gasteiger partial charge in [-0.05, 0) is 6.92 Å². The molecule has 0 aliphatic carbocycles. The lowest BCUT2D eigenvalue weighted by Crippen LogP contribution is -2.27. The molecule has 2 rings (SSSR count). The minimum atomic E-state index is 0.0222. The van der Waals surface area contributed by atoms with Crippen LogP contribution in [0.4, 0.5) is 0 Å². The Labute approximate surface area is 117 Å². The highest BCUT2D eigenvalue weighted by Crippen LogP contribution is 2.19. The van der Waals surface area contributed by atoms with E-state index in [1.807, 2.05) is 18.5 Å². The molecule has 0 saturated heterocycles. The van der Waals surface area contributed by atoms with Crippen LogP contribution in [0.1, 0.15) is 11.5 Å². The van der Waals surface area contributed by atoms with Gasteiger partial charge < -0.3 is 9.47 Å². The highest BCUT2D eigenvalue weighted by atomic mass is 35.5. The monoisotopic (exact) mass is 283 g/mol. The SMILES string of the molecule is Cc1nn(C)c2c1nc(CCCl)n2CC(=O)N(C)C. The second-order valence-electron chi connectivity index (χ2n) is 4.72. The molecule has 6 nitrogen and oxygen atoms in total. The molecule has 0 saturated carbocycles. The Balaban J connectivity index is 2.54. The van der Waals surface area contributed by atoms with Crippen LogP contribution in [0.3, 0.4) is 0 Å². The van der Waals surface area contributed by atoms with Crippen molar-refractivity contribution in [3.63, 3.8) is 0 Å². The van der Waals surface area contributed by atoms with Gasteiger partial charge in [0.2, 0.25) is 5.91 Å². The predicted molar refractivity (Wildman–Crippen MR) is 74.4 cm³/mol. The number of likely N-dealkylation sites (N-methyl/N-ethyl adjacent to an activating group) is 1. The molecular weight excluding hydrogens is 266 g/mol. The fourth-order valence-corrected chi connectivity index (χ4v) is 2.27. The Bertz CT molecular complexity index is 613. The summed E-state index contributed by atoms with van der Waals surface area (Å²) in [4.78, 5) is 18.1. The number of aromatic nitrogens is 4. The Morgan fingerprint density at radius 1 is 1.42 bits per heavy atom. The summed E-state index contributed by atoms with van der Waals surface area (Å²) in [5.74, 6) is 1.33. The van der Waals surface area contributed by atoms with Gasteiger partial charge in [0.05, 0.1) is 5.69 Å². The number of imidazole rings is 1. The summed E-state index contributed by atoms with van der Waals surface area (Å²) >= 11 is 5.81. The number of hydrogen-bond acceptors (Lipinski definition) is 3. The van der Waals surface area contributed by atoms with Crippen LogP contribution in [0.25, 0.3) is 11.2 Å². The molecule has 0 fully saturated rings. The van der Waals surface area contributed by atoms with Crippen molar-refractivity contribution in [1.29, 1.82) is 0 Å². The Kier molecular flexibility index (Phi) is 3.80. The van der Waals surface area contributed by atoms with Crippen molar-refractivity contribution in [2.24, 2.45) is 7.05 Å². The van der Waals surface area contributed by atoms with Crippen LogP contribution in [0.2, 0.25) is 0 Å². The molecular formula is C12H18ClN5O. The predicted octanol–water partition coefficient (Wildman–Crippen LogP) is 0.948. The normalized spacial score (nSPS) is 11.2. The standard InChI is InChI=1S/C12H18ClN5O/c1-8-11-12(17(4)15-8)18(7-10(19)16(2)3)9(14-11)5-6-13/h5-7H2,1-4H3. The molecule has 0 bridgehead atoms. The van der Waals surface area contributed by atoms with Gasteiger partial charge in [0.1, 0.15) is 17.9 Å². The third kappa shape index (κ3) is 2.45. The summed E-state index contributed by atoms with van der Waals surface area (Å²) in [6.07, 6.45) is 0.635. The van der Waals surface area contributed by atoms with Crippen molar-refractivity contribution in [1.82, 2.24) is 24.2 Å². The number of carbonyl (C=O) groups is 1. The average Bonchev–Trinajstić information content (AvgIpc) is 2.80. The topological polar surface area (TPSA) is 56.0 Å². The second-order valence-corrected chi connectivity index (χ2v) is 5.10. The van der Waals surface area contributed by atoms with Gasteiger partial charge in [-0.1, -0.05) is 0 Å². The number of fused-ring (bicyclic) bond motifs is 1. The zero-order valence-corrected chi connectivity index (χ0v) is 12.4. The van der Waals surface area contributed by atoms with E-state index in [0.717, 1.165) is 22.7 Å². The molecule has 104 valence electrons.